The molecule has 3 fully saturated rings. The first-order valence-electron chi connectivity index (χ1n) is 6.85. The Morgan fingerprint density at radius 1 is 0.800 bits per heavy atom. The van der Waals surface area contributed by atoms with Crippen LogP contribution in [0.3, 0.4) is 0 Å². The van der Waals surface area contributed by atoms with Gasteiger partial charge in [0.2, 0.25) is 0 Å². The van der Waals surface area contributed by atoms with Gasteiger partial charge in [-0.15, -0.1) is 11.8 Å². The summed E-state index contributed by atoms with van der Waals surface area (Å²) in [6, 6.07) is 2.01. The summed E-state index contributed by atoms with van der Waals surface area (Å²) >= 11 is 2.38. The third-order valence-corrected chi connectivity index (χ3v) is 6.75. The molecule has 2 saturated carbocycles. The van der Waals surface area contributed by atoms with Gasteiger partial charge in [0.15, 0.2) is 0 Å². The second kappa shape index (κ2) is 4.29. The van der Waals surface area contributed by atoms with Crippen molar-refractivity contribution in [1.29, 1.82) is 0 Å². The molecule has 3 aliphatic rings. The number of nitrogens with one attached hydrogen (secondary N) is 1. The Bertz CT molecular complexity index is 209. The van der Waals surface area contributed by atoms with Gasteiger partial charge < -0.3 is 4.90 Å². The number of quaternary nitrogens is 1. The van der Waals surface area contributed by atoms with E-state index in [-0.39, 0.29) is 0 Å². The van der Waals surface area contributed by atoms with Crippen molar-refractivity contribution in [3.05, 3.63) is 0 Å². The zero-order valence-electron chi connectivity index (χ0n) is 9.87. The zero-order valence-corrected chi connectivity index (χ0v) is 10.7. The van der Waals surface area contributed by atoms with Crippen molar-refractivity contribution < 1.29 is 4.90 Å². The van der Waals surface area contributed by atoms with Crippen molar-refractivity contribution in [2.45, 2.75) is 74.0 Å². The Morgan fingerprint density at radius 2 is 1.27 bits per heavy atom. The van der Waals surface area contributed by atoms with Crippen molar-refractivity contribution in [2.75, 3.05) is 7.05 Å². The molecular formula is C13H24NS+. The molecule has 0 spiro atoms. The Kier molecular flexibility index (Phi) is 2.99. The lowest BCUT2D eigenvalue weighted by Crippen LogP contribution is -3.20. The summed E-state index contributed by atoms with van der Waals surface area (Å²) in [7, 11) is 2.49. The fourth-order valence-corrected chi connectivity index (χ4v) is 6.20. The molecule has 1 saturated heterocycles. The zero-order chi connectivity index (χ0) is 10.3. The van der Waals surface area contributed by atoms with Gasteiger partial charge in [0.05, 0.1) is 29.6 Å². The summed E-state index contributed by atoms with van der Waals surface area (Å²) in [4.78, 5) is 1.91. The summed E-state index contributed by atoms with van der Waals surface area (Å²) in [6.45, 7) is 0. The van der Waals surface area contributed by atoms with E-state index in [1.165, 1.54) is 51.4 Å². The van der Waals surface area contributed by atoms with Gasteiger partial charge in [-0.1, -0.05) is 12.8 Å². The highest BCUT2D eigenvalue weighted by atomic mass is 32.2. The third kappa shape index (κ3) is 1.84. The molecule has 0 radical (unpaired) electrons. The van der Waals surface area contributed by atoms with Crippen LogP contribution in [0, 0.1) is 0 Å². The summed E-state index contributed by atoms with van der Waals surface area (Å²) < 4.78 is 0. The van der Waals surface area contributed by atoms with Crippen molar-refractivity contribution in [1.82, 2.24) is 0 Å². The van der Waals surface area contributed by atoms with Crippen LogP contribution in [0.4, 0.5) is 0 Å². The smallest absolute Gasteiger partial charge is 0.0995 e. The molecule has 86 valence electrons. The van der Waals surface area contributed by atoms with Crippen LogP contribution >= 0.6 is 11.8 Å². The Labute approximate surface area is 98.0 Å². The first kappa shape index (κ1) is 10.5. The molecule has 5 atom stereocenters. The van der Waals surface area contributed by atoms with Gasteiger partial charge in [-0.2, -0.15) is 0 Å². The standard InChI is InChI=1S/C13H23NS/c1-14-10-6-2-4-8-12(10)15-13-9-5-3-7-11(13)14/h10-13H,2-9H2,1H3/p+1/t10-,11+,12-,13+. The van der Waals surface area contributed by atoms with Gasteiger partial charge in [0.1, 0.15) is 0 Å². The van der Waals surface area contributed by atoms with Crippen LogP contribution in [0.15, 0.2) is 0 Å². The van der Waals surface area contributed by atoms with E-state index in [0.717, 1.165) is 22.6 Å². The van der Waals surface area contributed by atoms with E-state index in [0.29, 0.717) is 0 Å². The van der Waals surface area contributed by atoms with E-state index in [9.17, 15) is 0 Å². The molecule has 0 bridgehead atoms. The van der Waals surface area contributed by atoms with E-state index in [1.807, 2.05) is 4.90 Å². The summed E-state index contributed by atoms with van der Waals surface area (Å²) in [5.41, 5.74) is 0. The highest BCUT2D eigenvalue weighted by Gasteiger charge is 2.46. The fraction of sp³-hybridized carbons (Fsp3) is 1.00. The number of thioether (sulfide) groups is 1. The molecule has 1 unspecified atom stereocenters. The highest BCUT2D eigenvalue weighted by Crippen LogP contribution is 2.39. The van der Waals surface area contributed by atoms with Gasteiger partial charge in [-0.25, -0.2) is 0 Å². The summed E-state index contributed by atoms with van der Waals surface area (Å²) in [5.74, 6) is 0. The predicted molar refractivity (Wildman–Crippen MR) is 66.6 cm³/mol. The Morgan fingerprint density at radius 3 is 1.80 bits per heavy atom. The molecule has 2 heteroatoms. The van der Waals surface area contributed by atoms with Gasteiger partial charge >= 0.3 is 0 Å². The minimum absolute atomic E-state index is 1.00. The van der Waals surface area contributed by atoms with E-state index in [4.69, 9.17) is 0 Å². The van der Waals surface area contributed by atoms with Crippen LogP contribution in [-0.4, -0.2) is 29.6 Å². The second-order valence-electron chi connectivity index (χ2n) is 5.74. The van der Waals surface area contributed by atoms with Gasteiger partial charge in [-0.05, 0) is 25.7 Å². The molecule has 1 N–H and O–H groups in total. The van der Waals surface area contributed by atoms with Gasteiger partial charge in [-0.3, -0.25) is 0 Å². The van der Waals surface area contributed by atoms with E-state index >= 15 is 0 Å². The van der Waals surface area contributed by atoms with E-state index in [1.54, 1.807) is 0 Å². The molecule has 15 heavy (non-hydrogen) atoms. The molecule has 0 aromatic carbocycles. The van der Waals surface area contributed by atoms with Crippen LogP contribution in [0.1, 0.15) is 51.4 Å². The third-order valence-electron chi connectivity index (χ3n) is 4.92. The van der Waals surface area contributed by atoms with Crippen LogP contribution < -0.4 is 4.90 Å². The number of rotatable bonds is 0. The molecule has 0 aromatic rings. The van der Waals surface area contributed by atoms with Crippen LogP contribution in [0.2, 0.25) is 0 Å². The normalized spacial score (nSPS) is 50.6. The van der Waals surface area contributed by atoms with E-state index < -0.39 is 0 Å². The lowest BCUT2D eigenvalue weighted by molar-refractivity contribution is -0.933. The summed E-state index contributed by atoms with van der Waals surface area (Å²) in [5, 5.41) is 2.02. The molecule has 1 aliphatic heterocycles. The number of hydrogen-bond donors (Lipinski definition) is 1. The average Bonchev–Trinajstić information content (AvgIpc) is 2.30. The maximum Gasteiger partial charge on any atom is 0.0995 e. The Balaban J connectivity index is 1.76. The quantitative estimate of drug-likeness (QED) is 0.661. The largest absolute Gasteiger partial charge is 0.331 e. The molecule has 0 amide bonds. The number of fused-ring (bicyclic) bond motifs is 2. The highest BCUT2D eigenvalue weighted by molar-refractivity contribution is 8.00. The van der Waals surface area contributed by atoms with Crippen LogP contribution in [0.5, 0.6) is 0 Å². The molecule has 3 rings (SSSR count). The van der Waals surface area contributed by atoms with Crippen molar-refractivity contribution in [3.8, 4) is 0 Å². The second-order valence-corrected chi connectivity index (χ2v) is 7.22. The minimum Gasteiger partial charge on any atom is -0.331 e. The first-order valence-corrected chi connectivity index (χ1v) is 7.79. The Hall–Kier alpha value is 0.310. The molecule has 2 aliphatic carbocycles. The van der Waals surface area contributed by atoms with Crippen molar-refractivity contribution in [2.24, 2.45) is 0 Å². The monoisotopic (exact) mass is 226 g/mol. The lowest BCUT2D eigenvalue weighted by atomic mass is 9.88. The topological polar surface area (TPSA) is 4.44 Å². The lowest BCUT2D eigenvalue weighted by Gasteiger charge is -2.48. The molecule has 0 aromatic heterocycles. The van der Waals surface area contributed by atoms with E-state index in [2.05, 4.69) is 18.8 Å². The molecular weight excluding hydrogens is 202 g/mol. The summed E-state index contributed by atoms with van der Waals surface area (Å²) in [6.07, 6.45) is 12.0. The number of hydrogen-bond acceptors (Lipinski definition) is 1. The average molecular weight is 226 g/mol. The minimum atomic E-state index is 1.00. The van der Waals surface area contributed by atoms with Crippen molar-refractivity contribution >= 4 is 11.8 Å². The predicted octanol–water partition coefficient (Wildman–Crippen LogP) is 1.87. The van der Waals surface area contributed by atoms with Crippen molar-refractivity contribution in [3.63, 3.8) is 0 Å². The molecule has 1 nitrogen and oxygen atoms in total. The first-order chi connectivity index (χ1) is 7.36. The van der Waals surface area contributed by atoms with Crippen LogP contribution in [-0.2, 0) is 0 Å². The van der Waals surface area contributed by atoms with Crippen LogP contribution in [0.25, 0.3) is 0 Å². The van der Waals surface area contributed by atoms with Gasteiger partial charge in [0.25, 0.3) is 0 Å². The van der Waals surface area contributed by atoms with Gasteiger partial charge in [0, 0.05) is 12.8 Å². The maximum atomic E-state index is 2.49. The maximum absolute atomic E-state index is 2.49. The fourth-order valence-electron chi connectivity index (χ4n) is 4.06. The molecule has 1 heterocycles. The SMILES string of the molecule is C[NH+]1[C@@H]2CCCC[C@H]2S[C@H]2CCCC[C@@H]21.